The fourth-order valence-electron chi connectivity index (χ4n) is 0.668. The maximum atomic E-state index is 3.76. The van der Waals surface area contributed by atoms with Gasteiger partial charge in [0.05, 0.1) is 0 Å². The molecule has 1 radical (unpaired) electrons. The van der Waals surface area contributed by atoms with E-state index in [1.807, 2.05) is 0 Å². The van der Waals surface area contributed by atoms with Crippen LogP contribution in [-0.4, -0.2) is 8.80 Å². The Morgan fingerprint density at radius 1 is 1.33 bits per heavy atom. The van der Waals surface area contributed by atoms with Crippen molar-refractivity contribution in [1.29, 1.82) is 0 Å². The Morgan fingerprint density at radius 3 is 2.22 bits per heavy atom. The molecule has 51 valence electrons. The van der Waals surface area contributed by atoms with Crippen molar-refractivity contribution in [3.63, 3.8) is 0 Å². The number of unbranched alkanes of at least 4 members (excludes halogenated alkanes) is 1. The molecule has 0 aromatic rings. The predicted octanol–water partition coefficient (Wildman–Crippen LogP) is 2.73. The molecule has 0 rings (SSSR count). The molecule has 1 heteroatoms. The van der Waals surface area contributed by atoms with Gasteiger partial charge in [-0.25, -0.2) is 0 Å². The van der Waals surface area contributed by atoms with Gasteiger partial charge < -0.3 is 0 Å². The molecule has 0 aromatic heterocycles. The molecule has 0 N–H and O–H groups in total. The van der Waals surface area contributed by atoms with Gasteiger partial charge in [-0.1, -0.05) is 37.2 Å². The minimum Gasteiger partial charge on any atom is -0.107 e. The second-order valence-corrected chi connectivity index (χ2v) is 4.55. The Morgan fingerprint density at radius 2 is 1.89 bits per heavy atom. The smallest absolute Gasteiger partial charge is 0.102 e. The third-order valence-corrected chi connectivity index (χ3v) is 3.32. The zero-order valence-corrected chi connectivity index (χ0v) is 7.19. The van der Waals surface area contributed by atoms with Gasteiger partial charge in [0, 0.05) is 0 Å². The maximum absolute atomic E-state index is 3.76. The topological polar surface area (TPSA) is 0 Å². The minimum atomic E-state index is -0.358. The van der Waals surface area contributed by atoms with E-state index in [1.165, 1.54) is 18.9 Å². The lowest BCUT2D eigenvalue weighted by molar-refractivity contribution is 0.878. The van der Waals surface area contributed by atoms with Crippen LogP contribution in [0.5, 0.6) is 0 Å². The van der Waals surface area contributed by atoms with E-state index in [1.54, 1.807) is 0 Å². The molecule has 0 heterocycles. The van der Waals surface area contributed by atoms with Crippen LogP contribution < -0.4 is 0 Å². The number of hydrogen-bond acceptors (Lipinski definition) is 0. The summed E-state index contributed by atoms with van der Waals surface area (Å²) in [6.07, 6.45) is 2.61. The molecule has 0 spiro atoms. The van der Waals surface area contributed by atoms with E-state index in [0.717, 1.165) is 0 Å². The molecule has 0 aromatic carbocycles. The lowest BCUT2D eigenvalue weighted by Crippen LogP contribution is -2.03. The van der Waals surface area contributed by atoms with E-state index in [-0.39, 0.29) is 8.80 Å². The van der Waals surface area contributed by atoms with E-state index in [4.69, 9.17) is 0 Å². The van der Waals surface area contributed by atoms with Crippen LogP contribution in [0.4, 0.5) is 0 Å². The van der Waals surface area contributed by atoms with Crippen LogP contribution in [-0.2, 0) is 0 Å². The second-order valence-electron chi connectivity index (χ2n) is 2.09. The summed E-state index contributed by atoms with van der Waals surface area (Å²) in [5.41, 5.74) is 4.13. The first-order valence-corrected chi connectivity index (χ1v) is 5.32. The summed E-state index contributed by atoms with van der Waals surface area (Å²) in [5.74, 6) is 0. The van der Waals surface area contributed by atoms with Crippen molar-refractivity contribution < 1.29 is 0 Å². The van der Waals surface area contributed by atoms with Gasteiger partial charge in [-0.05, 0) is 0 Å². The van der Waals surface area contributed by atoms with Crippen molar-refractivity contribution >= 4 is 8.80 Å². The fourth-order valence-corrected chi connectivity index (χ4v) is 2.01. The molecule has 0 fully saturated rings. The highest BCUT2D eigenvalue weighted by Crippen LogP contribution is 2.01. The first-order chi connectivity index (χ1) is 4.35. The van der Waals surface area contributed by atoms with Gasteiger partial charge in [0.15, 0.2) is 0 Å². The Hall–Kier alpha value is -0.303. The van der Waals surface area contributed by atoms with Crippen molar-refractivity contribution in [2.45, 2.75) is 25.8 Å². The largest absolute Gasteiger partial charge is 0.107 e. The SMILES string of the molecule is C=C[Si](C=C)CCCC. The van der Waals surface area contributed by atoms with Gasteiger partial charge in [0.25, 0.3) is 0 Å². The third kappa shape index (κ3) is 4.22. The summed E-state index contributed by atoms with van der Waals surface area (Å²) in [6, 6.07) is 1.31. The van der Waals surface area contributed by atoms with Gasteiger partial charge in [-0.3, -0.25) is 0 Å². The lowest BCUT2D eigenvalue weighted by Gasteiger charge is -2.00. The van der Waals surface area contributed by atoms with Crippen LogP contribution in [0.15, 0.2) is 24.6 Å². The second kappa shape index (κ2) is 5.83. The Kier molecular flexibility index (Phi) is 5.63. The molecule has 0 aliphatic carbocycles. The van der Waals surface area contributed by atoms with Crippen molar-refractivity contribution in [2.24, 2.45) is 0 Å². The number of hydrogen-bond donors (Lipinski definition) is 0. The summed E-state index contributed by atoms with van der Waals surface area (Å²) in [6.45, 7) is 9.73. The molecule has 0 atom stereocenters. The molecule has 0 amide bonds. The molecule has 0 bridgehead atoms. The summed E-state index contributed by atoms with van der Waals surface area (Å²) >= 11 is 0. The van der Waals surface area contributed by atoms with Gasteiger partial charge in [0.2, 0.25) is 0 Å². The van der Waals surface area contributed by atoms with Crippen LogP contribution in [0.3, 0.4) is 0 Å². The molecule has 0 aliphatic rings. The molecule has 0 saturated heterocycles. The molecular formula is C8H15Si. The van der Waals surface area contributed by atoms with E-state index in [0.29, 0.717) is 0 Å². The molecule has 0 aliphatic heterocycles. The Labute approximate surface area is 59.9 Å². The molecule has 9 heavy (non-hydrogen) atoms. The van der Waals surface area contributed by atoms with Crippen LogP contribution in [0.25, 0.3) is 0 Å². The van der Waals surface area contributed by atoms with E-state index < -0.39 is 0 Å². The molecule has 0 nitrogen and oxygen atoms in total. The summed E-state index contributed by atoms with van der Waals surface area (Å²) in [7, 11) is -0.358. The highest BCUT2D eigenvalue weighted by atomic mass is 28.3. The Bertz CT molecular complexity index is 78.6. The Balaban J connectivity index is 3.30. The van der Waals surface area contributed by atoms with Crippen LogP contribution in [0.2, 0.25) is 6.04 Å². The zero-order valence-electron chi connectivity index (χ0n) is 6.19. The average molecular weight is 139 g/mol. The van der Waals surface area contributed by atoms with E-state index in [2.05, 4.69) is 31.5 Å². The quantitative estimate of drug-likeness (QED) is 0.514. The third-order valence-electron chi connectivity index (χ3n) is 1.34. The van der Waals surface area contributed by atoms with Crippen molar-refractivity contribution in [3.05, 3.63) is 24.6 Å². The first-order valence-electron chi connectivity index (χ1n) is 3.45. The summed E-state index contributed by atoms with van der Waals surface area (Å²) < 4.78 is 0. The van der Waals surface area contributed by atoms with Crippen LogP contribution in [0, 0.1) is 0 Å². The van der Waals surface area contributed by atoms with E-state index >= 15 is 0 Å². The fraction of sp³-hybridized carbons (Fsp3) is 0.500. The monoisotopic (exact) mass is 139 g/mol. The lowest BCUT2D eigenvalue weighted by atomic mass is 10.4. The standard InChI is InChI=1S/C8H15Si/c1-4-7-8-9(5-2)6-3/h5-6H,2-4,7-8H2,1H3. The van der Waals surface area contributed by atoms with Crippen molar-refractivity contribution in [2.75, 3.05) is 0 Å². The zero-order chi connectivity index (χ0) is 7.11. The summed E-state index contributed by atoms with van der Waals surface area (Å²) in [5, 5.41) is 0. The molecule has 0 unspecified atom stereocenters. The molecule has 0 saturated carbocycles. The van der Waals surface area contributed by atoms with Crippen LogP contribution in [0.1, 0.15) is 19.8 Å². The maximum Gasteiger partial charge on any atom is 0.102 e. The highest BCUT2D eigenvalue weighted by molar-refractivity contribution is 6.69. The molecular weight excluding hydrogens is 124 g/mol. The predicted molar refractivity (Wildman–Crippen MR) is 45.9 cm³/mol. The number of rotatable bonds is 5. The minimum absolute atomic E-state index is 0.358. The summed E-state index contributed by atoms with van der Waals surface area (Å²) in [4.78, 5) is 0. The van der Waals surface area contributed by atoms with Crippen LogP contribution >= 0.6 is 0 Å². The highest BCUT2D eigenvalue weighted by Gasteiger charge is 1.97. The van der Waals surface area contributed by atoms with Gasteiger partial charge in [0.1, 0.15) is 8.80 Å². The van der Waals surface area contributed by atoms with Crippen molar-refractivity contribution in [1.82, 2.24) is 0 Å². The van der Waals surface area contributed by atoms with E-state index in [9.17, 15) is 0 Å². The first kappa shape index (κ1) is 8.70. The van der Waals surface area contributed by atoms with Gasteiger partial charge in [-0.15, -0.1) is 13.2 Å². The van der Waals surface area contributed by atoms with Gasteiger partial charge >= 0.3 is 0 Å². The van der Waals surface area contributed by atoms with Gasteiger partial charge in [-0.2, -0.15) is 0 Å². The average Bonchev–Trinajstić information content (AvgIpc) is 1.91. The normalized spacial score (nSPS) is 9.56. The van der Waals surface area contributed by atoms with Crippen molar-refractivity contribution in [3.8, 4) is 0 Å².